The first-order valence-corrected chi connectivity index (χ1v) is 6.03. The molecule has 1 aliphatic rings. The maximum atomic E-state index is 10.4. The number of hydrogen-bond acceptors (Lipinski definition) is 4. The van der Waals surface area contributed by atoms with Crippen LogP contribution in [0.1, 0.15) is 44.4 Å². The molecule has 0 aromatic carbocycles. The largest absolute Gasteiger partial charge is 0.385 e. The van der Waals surface area contributed by atoms with Crippen molar-refractivity contribution >= 4 is 0 Å². The molecular weight excluding hydrogens is 214 g/mol. The summed E-state index contributed by atoms with van der Waals surface area (Å²) in [6, 6.07) is 4.01. The minimum absolute atomic E-state index is 0.552. The van der Waals surface area contributed by atoms with E-state index in [1.165, 1.54) is 6.33 Å². The highest BCUT2D eigenvalue weighted by molar-refractivity contribution is 5.15. The fourth-order valence-electron chi connectivity index (χ4n) is 2.47. The molecule has 4 nitrogen and oxygen atoms in total. The van der Waals surface area contributed by atoms with E-state index in [1.807, 2.05) is 0 Å². The van der Waals surface area contributed by atoms with Crippen LogP contribution in [0, 0.1) is 22.7 Å². The standard InChI is InChI=1S/C13H17N3O/c1-10-2-5-13(8-14,6-3-10)12(17)11-4-7-15-9-16-11/h4,7,9-10,12,17H,2-3,5-6H2,1H3. The summed E-state index contributed by atoms with van der Waals surface area (Å²) >= 11 is 0. The average molecular weight is 231 g/mol. The van der Waals surface area contributed by atoms with E-state index in [4.69, 9.17) is 0 Å². The Morgan fingerprint density at radius 1 is 1.53 bits per heavy atom. The molecule has 90 valence electrons. The van der Waals surface area contributed by atoms with Gasteiger partial charge in [0.1, 0.15) is 12.4 Å². The zero-order valence-corrected chi connectivity index (χ0v) is 10.0. The Morgan fingerprint density at radius 2 is 2.24 bits per heavy atom. The fraction of sp³-hybridized carbons (Fsp3) is 0.615. The van der Waals surface area contributed by atoms with Gasteiger partial charge < -0.3 is 5.11 Å². The number of nitrogens with zero attached hydrogens (tertiary/aromatic N) is 3. The van der Waals surface area contributed by atoms with Gasteiger partial charge in [0.05, 0.1) is 17.2 Å². The quantitative estimate of drug-likeness (QED) is 0.847. The third kappa shape index (κ3) is 2.29. The monoisotopic (exact) mass is 231 g/mol. The van der Waals surface area contributed by atoms with Crippen LogP contribution < -0.4 is 0 Å². The highest BCUT2D eigenvalue weighted by Crippen LogP contribution is 2.46. The van der Waals surface area contributed by atoms with E-state index in [1.54, 1.807) is 12.3 Å². The highest BCUT2D eigenvalue weighted by Gasteiger charge is 2.42. The predicted molar refractivity (Wildman–Crippen MR) is 62.7 cm³/mol. The highest BCUT2D eigenvalue weighted by atomic mass is 16.3. The van der Waals surface area contributed by atoms with Gasteiger partial charge in [-0.3, -0.25) is 0 Å². The molecule has 1 unspecified atom stereocenters. The van der Waals surface area contributed by atoms with Crippen LogP contribution in [-0.4, -0.2) is 15.1 Å². The Hall–Kier alpha value is -1.47. The molecule has 0 bridgehead atoms. The van der Waals surface area contributed by atoms with Crippen LogP contribution in [0.3, 0.4) is 0 Å². The van der Waals surface area contributed by atoms with Gasteiger partial charge in [-0.25, -0.2) is 9.97 Å². The number of rotatable bonds is 2. The van der Waals surface area contributed by atoms with Crippen LogP contribution in [0.5, 0.6) is 0 Å². The van der Waals surface area contributed by atoms with Gasteiger partial charge in [0.15, 0.2) is 0 Å². The van der Waals surface area contributed by atoms with Crippen molar-refractivity contribution in [3.63, 3.8) is 0 Å². The van der Waals surface area contributed by atoms with E-state index in [0.29, 0.717) is 11.6 Å². The summed E-state index contributed by atoms with van der Waals surface area (Å²) in [4.78, 5) is 7.88. The molecule has 0 radical (unpaired) electrons. The lowest BCUT2D eigenvalue weighted by Gasteiger charge is -2.36. The summed E-state index contributed by atoms with van der Waals surface area (Å²) in [7, 11) is 0. The Labute approximate surface area is 101 Å². The number of aliphatic hydroxyl groups is 1. The van der Waals surface area contributed by atoms with Crippen LogP contribution >= 0.6 is 0 Å². The maximum absolute atomic E-state index is 10.4. The fourth-order valence-corrected chi connectivity index (χ4v) is 2.47. The molecule has 1 aromatic heterocycles. The molecular formula is C13H17N3O. The molecule has 1 aromatic rings. The summed E-state index contributed by atoms with van der Waals surface area (Å²) < 4.78 is 0. The van der Waals surface area contributed by atoms with Crippen molar-refractivity contribution in [3.8, 4) is 6.07 Å². The summed E-state index contributed by atoms with van der Waals surface area (Å²) in [6.07, 6.45) is 5.69. The lowest BCUT2D eigenvalue weighted by Crippen LogP contribution is -2.32. The molecule has 0 spiro atoms. The number of hydrogen-bond donors (Lipinski definition) is 1. The van der Waals surface area contributed by atoms with Crippen LogP contribution in [0.15, 0.2) is 18.6 Å². The molecule has 0 aliphatic heterocycles. The first-order chi connectivity index (χ1) is 8.18. The summed E-state index contributed by atoms with van der Waals surface area (Å²) in [6.45, 7) is 2.19. The SMILES string of the molecule is CC1CCC(C#N)(C(O)c2ccncn2)CC1. The number of aliphatic hydroxyl groups excluding tert-OH is 1. The van der Waals surface area contributed by atoms with Gasteiger partial charge in [-0.1, -0.05) is 6.92 Å². The Kier molecular flexibility index (Phi) is 3.39. The Bertz CT molecular complexity index is 404. The van der Waals surface area contributed by atoms with Gasteiger partial charge in [-0.2, -0.15) is 5.26 Å². The van der Waals surface area contributed by atoms with E-state index in [9.17, 15) is 10.4 Å². The lowest BCUT2D eigenvalue weighted by molar-refractivity contribution is 0.0235. The molecule has 1 atom stereocenters. The van der Waals surface area contributed by atoms with Gasteiger partial charge >= 0.3 is 0 Å². The molecule has 1 heterocycles. The van der Waals surface area contributed by atoms with Crippen molar-refractivity contribution in [1.29, 1.82) is 5.26 Å². The van der Waals surface area contributed by atoms with Gasteiger partial charge in [0, 0.05) is 6.20 Å². The van der Waals surface area contributed by atoms with Crippen LogP contribution in [0.25, 0.3) is 0 Å². The first kappa shape index (κ1) is 12.0. The van der Waals surface area contributed by atoms with Crippen LogP contribution in [0.4, 0.5) is 0 Å². The van der Waals surface area contributed by atoms with E-state index < -0.39 is 11.5 Å². The van der Waals surface area contributed by atoms with Gasteiger partial charge in [-0.15, -0.1) is 0 Å². The van der Waals surface area contributed by atoms with Crippen molar-refractivity contribution in [2.24, 2.45) is 11.3 Å². The Morgan fingerprint density at radius 3 is 2.76 bits per heavy atom. The van der Waals surface area contributed by atoms with Crippen molar-refractivity contribution < 1.29 is 5.11 Å². The average Bonchev–Trinajstić information content (AvgIpc) is 2.40. The van der Waals surface area contributed by atoms with Gasteiger partial charge in [-0.05, 0) is 37.7 Å². The van der Waals surface area contributed by atoms with Crippen molar-refractivity contribution in [2.75, 3.05) is 0 Å². The van der Waals surface area contributed by atoms with Gasteiger partial charge in [0.2, 0.25) is 0 Å². The molecule has 2 rings (SSSR count). The summed E-state index contributed by atoms with van der Waals surface area (Å²) in [5, 5.41) is 19.8. The minimum Gasteiger partial charge on any atom is -0.385 e. The molecule has 4 heteroatoms. The van der Waals surface area contributed by atoms with E-state index in [0.717, 1.165) is 25.7 Å². The second-order valence-electron chi connectivity index (χ2n) is 4.99. The van der Waals surface area contributed by atoms with Crippen molar-refractivity contribution in [3.05, 3.63) is 24.3 Å². The van der Waals surface area contributed by atoms with Gasteiger partial charge in [0.25, 0.3) is 0 Å². The molecule has 0 saturated heterocycles. The minimum atomic E-state index is -0.803. The van der Waals surface area contributed by atoms with E-state index >= 15 is 0 Å². The van der Waals surface area contributed by atoms with E-state index in [-0.39, 0.29) is 0 Å². The summed E-state index contributed by atoms with van der Waals surface area (Å²) in [5.74, 6) is 0.647. The number of aromatic nitrogens is 2. The zero-order chi connectivity index (χ0) is 12.3. The molecule has 17 heavy (non-hydrogen) atoms. The third-order valence-electron chi connectivity index (χ3n) is 3.80. The zero-order valence-electron chi connectivity index (χ0n) is 10.0. The smallest absolute Gasteiger partial charge is 0.115 e. The second kappa shape index (κ2) is 4.80. The second-order valence-corrected chi connectivity index (χ2v) is 4.99. The summed E-state index contributed by atoms with van der Waals surface area (Å²) in [5.41, 5.74) is -0.114. The van der Waals surface area contributed by atoms with Crippen LogP contribution in [0.2, 0.25) is 0 Å². The third-order valence-corrected chi connectivity index (χ3v) is 3.80. The predicted octanol–water partition coefficient (Wildman–Crippen LogP) is 2.23. The lowest BCUT2D eigenvalue weighted by atomic mass is 9.68. The van der Waals surface area contributed by atoms with Crippen molar-refractivity contribution in [2.45, 2.75) is 38.7 Å². The first-order valence-electron chi connectivity index (χ1n) is 6.03. The van der Waals surface area contributed by atoms with E-state index in [2.05, 4.69) is 23.0 Å². The normalized spacial score (nSPS) is 30.5. The molecule has 0 amide bonds. The molecule has 1 aliphatic carbocycles. The van der Waals surface area contributed by atoms with Crippen molar-refractivity contribution in [1.82, 2.24) is 9.97 Å². The molecule has 1 N–H and O–H groups in total. The topological polar surface area (TPSA) is 69.8 Å². The molecule has 1 saturated carbocycles. The molecule has 1 fully saturated rings. The number of nitriles is 1. The maximum Gasteiger partial charge on any atom is 0.115 e. The Balaban J connectivity index is 2.22. The van der Waals surface area contributed by atoms with Crippen LogP contribution in [-0.2, 0) is 0 Å².